The van der Waals surface area contributed by atoms with Crippen molar-refractivity contribution in [3.05, 3.63) is 29.3 Å². The lowest BCUT2D eigenvalue weighted by molar-refractivity contribution is 0.112. The van der Waals surface area contributed by atoms with Crippen LogP contribution in [-0.4, -0.2) is 21.8 Å². The predicted octanol–water partition coefficient (Wildman–Crippen LogP) is 0.716. The highest BCUT2D eigenvalue weighted by molar-refractivity contribution is 7.89. The summed E-state index contributed by atoms with van der Waals surface area (Å²) in [6.45, 7) is 1.75. The van der Waals surface area contributed by atoms with E-state index in [1.807, 2.05) is 0 Å². The van der Waals surface area contributed by atoms with Crippen LogP contribution in [0.25, 0.3) is 0 Å². The van der Waals surface area contributed by atoms with Crippen molar-refractivity contribution in [3.63, 3.8) is 0 Å². The topological polar surface area (TPSA) is 63.2 Å². The fourth-order valence-electron chi connectivity index (χ4n) is 1.03. The van der Waals surface area contributed by atoms with Gasteiger partial charge in [0.15, 0.2) is 0 Å². The molecule has 0 radical (unpaired) electrons. The quantitative estimate of drug-likeness (QED) is 0.752. The van der Waals surface area contributed by atoms with Crippen LogP contribution in [0.15, 0.2) is 23.1 Å². The van der Waals surface area contributed by atoms with E-state index in [1.165, 1.54) is 19.2 Å². The third-order valence-electron chi connectivity index (χ3n) is 1.96. The van der Waals surface area contributed by atoms with Gasteiger partial charge in [0.2, 0.25) is 10.0 Å². The number of hydrogen-bond acceptors (Lipinski definition) is 3. The van der Waals surface area contributed by atoms with E-state index in [4.69, 9.17) is 0 Å². The summed E-state index contributed by atoms with van der Waals surface area (Å²) >= 11 is 0. The normalized spacial score (nSPS) is 11.3. The summed E-state index contributed by atoms with van der Waals surface area (Å²) in [7, 11) is -2.13. The van der Waals surface area contributed by atoms with E-state index in [1.54, 1.807) is 13.0 Å². The molecule has 0 saturated carbocycles. The maximum atomic E-state index is 11.4. The van der Waals surface area contributed by atoms with Crippen molar-refractivity contribution in [2.45, 2.75) is 11.8 Å². The van der Waals surface area contributed by atoms with Crippen LogP contribution in [0, 0.1) is 6.92 Å². The number of carbonyl (C=O) groups is 1. The molecule has 0 aliphatic rings. The minimum atomic E-state index is -3.46. The lowest BCUT2D eigenvalue weighted by Gasteiger charge is -2.04. The SMILES string of the molecule is CNS(=O)(=O)c1ccc(C)c(C=O)c1. The molecule has 4 nitrogen and oxygen atoms in total. The fourth-order valence-corrected chi connectivity index (χ4v) is 1.80. The molecule has 1 aromatic rings. The molecule has 0 fully saturated rings. The highest BCUT2D eigenvalue weighted by Crippen LogP contribution is 2.13. The minimum absolute atomic E-state index is 0.104. The molecule has 5 heteroatoms. The number of hydrogen-bond donors (Lipinski definition) is 1. The molecule has 0 saturated heterocycles. The van der Waals surface area contributed by atoms with Crippen LogP contribution in [0.2, 0.25) is 0 Å². The predicted molar refractivity (Wildman–Crippen MR) is 52.8 cm³/mol. The van der Waals surface area contributed by atoms with E-state index in [-0.39, 0.29) is 4.90 Å². The van der Waals surface area contributed by atoms with E-state index in [9.17, 15) is 13.2 Å². The molecule has 1 N–H and O–H groups in total. The van der Waals surface area contributed by atoms with Gasteiger partial charge in [0, 0.05) is 5.56 Å². The summed E-state index contributed by atoms with van der Waals surface area (Å²) in [5.41, 5.74) is 1.15. The van der Waals surface area contributed by atoms with E-state index < -0.39 is 10.0 Å². The minimum Gasteiger partial charge on any atom is -0.298 e. The summed E-state index contributed by atoms with van der Waals surface area (Å²) in [6, 6.07) is 4.43. The first kappa shape index (κ1) is 10.9. The molecule has 0 unspecified atom stereocenters. The Kier molecular flexibility index (Phi) is 3.03. The lowest BCUT2D eigenvalue weighted by atomic mass is 10.1. The first-order chi connectivity index (χ1) is 6.51. The number of sulfonamides is 1. The molecule has 14 heavy (non-hydrogen) atoms. The average molecular weight is 213 g/mol. The van der Waals surface area contributed by atoms with Crippen LogP contribution in [0.5, 0.6) is 0 Å². The highest BCUT2D eigenvalue weighted by Gasteiger charge is 2.12. The Morgan fingerprint density at radius 1 is 1.36 bits per heavy atom. The van der Waals surface area contributed by atoms with Gasteiger partial charge in [-0.2, -0.15) is 0 Å². The molecular formula is C9H11NO3S. The van der Waals surface area contributed by atoms with Gasteiger partial charge in [0.1, 0.15) is 6.29 Å². The van der Waals surface area contributed by atoms with E-state index >= 15 is 0 Å². The van der Waals surface area contributed by atoms with Crippen molar-refractivity contribution in [2.75, 3.05) is 7.05 Å². The Hall–Kier alpha value is -1.20. The van der Waals surface area contributed by atoms with Crippen LogP contribution in [0.1, 0.15) is 15.9 Å². The van der Waals surface area contributed by atoms with E-state index in [0.717, 1.165) is 5.56 Å². The molecule has 0 aliphatic carbocycles. The number of aryl methyl sites for hydroxylation is 1. The number of nitrogens with one attached hydrogen (secondary N) is 1. The number of benzene rings is 1. The highest BCUT2D eigenvalue weighted by atomic mass is 32.2. The van der Waals surface area contributed by atoms with Crippen LogP contribution in [0.3, 0.4) is 0 Å². The molecule has 0 aliphatic heterocycles. The number of aldehydes is 1. The van der Waals surface area contributed by atoms with Crippen molar-refractivity contribution < 1.29 is 13.2 Å². The third-order valence-corrected chi connectivity index (χ3v) is 3.37. The van der Waals surface area contributed by atoms with Crippen molar-refractivity contribution >= 4 is 16.3 Å². The van der Waals surface area contributed by atoms with Gasteiger partial charge in [-0.3, -0.25) is 4.79 Å². The molecule has 0 atom stereocenters. The van der Waals surface area contributed by atoms with Gasteiger partial charge in [-0.15, -0.1) is 0 Å². The van der Waals surface area contributed by atoms with Gasteiger partial charge in [-0.05, 0) is 31.7 Å². The monoisotopic (exact) mass is 213 g/mol. The molecule has 0 heterocycles. The van der Waals surface area contributed by atoms with Gasteiger partial charge in [0.05, 0.1) is 4.90 Å². The van der Waals surface area contributed by atoms with Crippen LogP contribution < -0.4 is 4.72 Å². The summed E-state index contributed by atoms with van der Waals surface area (Å²) < 4.78 is 24.9. The molecule has 76 valence electrons. The average Bonchev–Trinajstić information content (AvgIpc) is 2.18. The molecule has 0 amide bonds. The second-order valence-electron chi connectivity index (χ2n) is 2.84. The third kappa shape index (κ3) is 2.00. The van der Waals surface area contributed by atoms with Crippen LogP contribution >= 0.6 is 0 Å². The van der Waals surface area contributed by atoms with Crippen LogP contribution in [-0.2, 0) is 10.0 Å². The summed E-state index contributed by atoms with van der Waals surface area (Å²) in [5, 5.41) is 0. The first-order valence-corrected chi connectivity index (χ1v) is 5.49. The summed E-state index contributed by atoms with van der Waals surface area (Å²) in [6.07, 6.45) is 0.643. The first-order valence-electron chi connectivity index (χ1n) is 4.00. The van der Waals surface area contributed by atoms with Gasteiger partial charge in [-0.1, -0.05) is 6.07 Å². The molecule has 0 bridgehead atoms. The van der Waals surface area contributed by atoms with Crippen molar-refractivity contribution in [2.24, 2.45) is 0 Å². The van der Waals surface area contributed by atoms with Crippen molar-refractivity contribution in [1.82, 2.24) is 4.72 Å². The Labute approximate surface area is 83.0 Å². The zero-order chi connectivity index (χ0) is 10.8. The summed E-state index contributed by atoms with van der Waals surface area (Å²) in [4.78, 5) is 10.7. The largest absolute Gasteiger partial charge is 0.298 e. The standard InChI is InChI=1S/C9H11NO3S/c1-7-3-4-9(5-8(7)6-11)14(12,13)10-2/h3-6,10H,1-2H3. The zero-order valence-corrected chi connectivity index (χ0v) is 8.76. The second kappa shape index (κ2) is 3.89. The Morgan fingerprint density at radius 2 is 2.00 bits per heavy atom. The van der Waals surface area contributed by atoms with Gasteiger partial charge < -0.3 is 0 Å². The Morgan fingerprint density at radius 3 is 2.50 bits per heavy atom. The maximum Gasteiger partial charge on any atom is 0.240 e. The second-order valence-corrected chi connectivity index (χ2v) is 4.73. The van der Waals surface area contributed by atoms with E-state index in [2.05, 4.69) is 4.72 Å². The van der Waals surface area contributed by atoms with E-state index in [0.29, 0.717) is 11.8 Å². The molecular weight excluding hydrogens is 202 g/mol. The summed E-state index contributed by atoms with van der Waals surface area (Å²) in [5.74, 6) is 0. The molecule has 1 aromatic carbocycles. The molecule has 0 aromatic heterocycles. The van der Waals surface area contributed by atoms with Crippen molar-refractivity contribution in [1.29, 1.82) is 0 Å². The number of rotatable bonds is 3. The zero-order valence-electron chi connectivity index (χ0n) is 7.94. The van der Waals surface area contributed by atoms with Gasteiger partial charge >= 0.3 is 0 Å². The van der Waals surface area contributed by atoms with Gasteiger partial charge in [0.25, 0.3) is 0 Å². The fraction of sp³-hybridized carbons (Fsp3) is 0.222. The van der Waals surface area contributed by atoms with Crippen molar-refractivity contribution in [3.8, 4) is 0 Å². The van der Waals surface area contributed by atoms with Crippen LogP contribution in [0.4, 0.5) is 0 Å². The molecule has 0 spiro atoms. The van der Waals surface area contributed by atoms with Gasteiger partial charge in [-0.25, -0.2) is 13.1 Å². The lowest BCUT2D eigenvalue weighted by Crippen LogP contribution is -2.18. The Balaban J connectivity index is 3.33. The maximum absolute atomic E-state index is 11.4. The smallest absolute Gasteiger partial charge is 0.240 e. The molecule has 1 rings (SSSR count). The Bertz CT molecular complexity index is 451. The number of carbonyl (C=O) groups excluding carboxylic acids is 1.